The molecule has 1 saturated heterocycles. The molecule has 2 heterocycles. The van der Waals surface area contributed by atoms with Gasteiger partial charge in [-0.05, 0) is 39.3 Å². The Balaban J connectivity index is 1.63. The Morgan fingerprint density at radius 1 is 1.07 bits per heavy atom. The number of hydrogen-bond donors (Lipinski definition) is 0. The Hall–Kier alpha value is -2.39. The number of sulfonamides is 1. The molecule has 1 fully saturated rings. The van der Waals surface area contributed by atoms with E-state index in [9.17, 15) is 13.2 Å². The zero-order chi connectivity index (χ0) is 21.2. The van der Waals surface area contributed by atoms with Gasteiger partial charge in [0, 0.05) is 33.2 Å². The van der Waals surface area contributed by atoms with Gasteiger partial charge in [0.15, 0.2) is 6.61 Å². The van der Waals surface area contributed by atoms with Crippen molar-refractivity contribution < 1.29 is 17.9 Å². The van der Waals surface area contributed by atoms with Gasteiger partial charge in [0.2, 0.25) is 10.0 Å². The summed E-state index contributed by atoms with van der Waals surface area (Å²) in [6, 6.07) is 7.52. The van der Waals surface area contributed by atoms with Crippen LogP contribution in [0.4, 0.5) is 0 Å². The summed E-state index contributed by atoms with van der Waals surface area (Å²) in [4.78, 5) is 14.5. The lowest BCUT2D eigenvalue weighted by atomic mass is 10.2. The molecular weight excluding hydrogens is 392 g/mol. The number of amides is 1. The first-order valence-electron chi connectivity index (χ1n) is 9.67. The fourth-order valence-electron chi connectivity index (χ4n) is 3.51. The fraction of sp³-hybridized carbons (Fsp3) is 0.500. The second-order valence-corrected chi connectivity index (χ2v) is 9.24. The third kappa shape index (κ3) is 4.62. The number of hydrogen-bond acceptors (Lipinski definition) is 5. The second-order valence-electron chi connectivity index (χ2n) is 7.36. The molecule has 1 amide bonds. The quantitative estimate of drug-likeness (QED) is 0.734. The van der Waals surface area contributed by atoms with E-state index in [2.05, 4.69) is 5.10 Å². The van der Waals surface area contributed by atoms with E-state index < -0.39 is 10.0 Å². The lowest BCUT2D eigenvalue weighted by Crippen LogP contribution is -2.39. The molecule has 1 aromatic heterocycles. The molecule has 0 unspecified atom stereocenters. The predicted octanol–water partition coefficient (Wildman–Crippen LogP) is 1.65. The van der Waals surface area contributed by atoms with Crippen molar-refractivity contribution in [2.75, 3.05) is 32.8 Å². The average molecular weight is 421 g/mol. The topological polar surface area (TPSA) is 84.7 Å². The van der Waals surface area contributed by atoms with Gasteiger partial charge < -0.3 is 9.64 Å². The summed E-state index contributed by atoms with van der Waals surface area (Å²) >= 11 is 0. The third-order valence-corrected chi connectivity index (χ3v) is 7.38. The van der Waals surface area contributed by atoms with Crippen molar-refractivity contribution in [1.29, 1.82) is 0 Å². The van der Waals surface area contributed by atoms with Crippen LogP contribution in [0.3, 0.4) is 0 Å². The smallest absolute Gasteiger partial charge is 0.260 e. The largest absolute Gasteiger partial charge is 0.484 e. The minimum Gasteiger partial charge on any atom is -0.484 e. The molecular formula is C20H28N4O4S. The van der Waals surface area contributed by atoms with Crippen LogP contribution in [0.2, 0.25) is 0 Å². The molecule has 158 valence electrons. The Morgan fingerprint density at radius 3 is 2.38 bits per heavy atom. The summed E-state index contributed by atoms with van der Waals surface area (Å²) < 4.78 is 34.9. The monoisotopic (exact) mass is 420 g/mol. The van der Waals surface area contributed by atoms with Crippen molar-refractivity contribution in [2.24, 2.45) is 7.05 Å². The van der Waals surface area contributed by atoms with Crippen molar-refractivity contribution in [3.05, 3.63) is 41.2 Å². The maximum Gasteiger partial charge on any atom is 0.260 e. The van der Waals surface area contributed by atoms with Gasteiger partial charge in [-0.25, -0.2) is 8.42 Å². The molecule has 0 N–H and O–H groups in total. The fourth-order valence-corrected chi connectivity index (χ4v) is 5.38. The van der Waals surface area contributed by atoms with Crippen LogP contribution in [0.25, 0.3) is 0 Å². The normalized spacial score (nSPS) is 15.9. The molecule has 0 radical (unpaired) electrons. The predicted molar refractivity (Wildman–Crippen MR) is 109 cm³/mol. The van der Waals surface area contributed by atoms with Crippen molar-refractivity contribution in [3.8, 4) is 5.75 Å². The molecule has 0 saturated carbocycles. The highest BCUT2D eigenvalue weighted by atomic mass is 32.2. The first-order chi connectivity index (χ1) is 13.7. The van der Waals surface area contributed by atoms with E-state index in [-0.39, 0.29) is 24.0 Å². The maximum absolute atomic E-state index is 13.2. The van der Waals surface area contributed by atoms with E-state index >= 15 is 0 Å². The lowest BCUT2D eigenvalue weighted by molar-refractivity contribution is -0.133. The zero-order valence-corrected chi connectivity index (χ0v) is 18.2. The lowest BCUT2D eigenvalue weighted by Gasteiger charge is -2.22. The van der Waals surface area contributed by atoms with E-state index in [1.165, 1.54) is 4.31 Å². The molecule has 0 atom stereocenters. The summed E-state index contributed by atoms with van der Waals surface area (Å²) in [5, 5.41) is 4.23. The van der Waals surface area contributed by atoms with Crippen molar-refractivity contribution in [3.63, 3.8) is 0 Å². The third-order valence-electron chi connectivity index (χ3n) is 5.23. The highest BCUT2D eigenvalue weighted by molar-refractivity contribution is 7.89. The van der Waals surface area contributed by atoms with Gasteiger partial charge in [-0.1, -0.05) is 17.7 Å². The molecule has 0 spiro atoms. The standard InChI is InChI=1S/C20H28N4O4S/c1-15-6-8-18(9-7-15)28-14-19(25)23-10-5-11-24(13-12-23)29(26,27)20-16(2)21-22(4)17(20)3/h6-9H,5,10-14H2,1-4H3. The molecule has 3 rings (SSSR count). The number of rotatable bonds is 5. The summed E-state index contributed by atoms with van der Waals surface area (Å²) in [6.07, 6.45) is 0.577. The summed E-state index contributed by atoms with van der Waals surface area (Å²) in [5.74, 6) is 0.504. The van der Waals surface area contributed by atoms with Gasteiger partial charge >= 0.3 is 0 Å². The SMILES string of the molecule is Cc1ccc(OCC(=O)N2CCCN(S(=O)(=O)c3c(C)nn(C)c3C)CC2)cc1. The number of nitrogens with zero attached hydrogens (tertiary/aromatic N) is 4. The molecule has 0 aliphatic carbocycles. The number of carbonyl (C=O) groups excluding carboxylic acids is 1. The van der Waals surface area contributed by atoms with Crippen LogP contribution in [-0.4, -0.2) is 66.1 Å². The molecule has 0 bridgehead atoms. The first kappa shape index (κ1) is 21.3. The molecule has 29 heavy (non-hydrogen) atoms. The average Bonchev–Trinajstić information content (AvgIpc) is 2.85. The zero-order valence-electron chi connectivity index (χ0n) is 17.4. The van der Waals surface area contributed by atoms with E-state index in [1.54, 1.807) is 30.5 Å². The minimum absolute atomic E-state index is 0.0589. The van der Waals surface area contributed by atoms with Crippen LogP contribution in [-0.2, 0) is 21.9 Å². The Labute approximate surface area is 172 Å². The molecule has 8 nitrogen and oxygen atoms in total. The van der Waals surface area contributed by atoms with E-state index in [0.29, 0.717) is 43.2 Å². The van der Waals surface area contributed by atoms with E-state index in [0.717, 1.165) is 5.56 Å². The van der Waals surface area contributed by atoms with Gasteiger partial charge in [-0.15, -0.1) is 0 Å². The van der Waals surface area contributed by atoms with Crippen LogP contribution in [0.5, 0.6) is 5.75 Å². The van der Waals surface area contributed by atoms with Crippen molar-refractivity contribution in [1.82, 2.24) is 19.0 Å². The highest BCUT2D eigenvalue weighted by Crippen LogP contribution is 2.24. The summed E-state index contributed by atoms with van der Waals surface area (Å²) in [5.41, 5.74) is 2.23. The molecule has 2 aromatic rings. The Kier molecular flexibility index (Phi) is 6.28. The van der Waals surface area contributed by atoms with Crippen LogP contribution < -0.4 is 4.74 Å². The summed E-state index contributed by atoms with van der Waals surface area (Å²) in [6.45, 7) is 6.86. The van der Waals surface area contributed by atoms with Gasteiger partial charge in [-0.2, -0.15) is 9.40 Å². The van der Waals surface area contributed by atoms with Crippen LogP contribution in [0, 0.1) is 20.8 Å². The molecule has 1 aliphatic rings. The second kappa shape index (κ2) is 8.54. The molecule has 9 heteroatoms. The van der Waals surface area contributed by atoms with Gasteiger partial charge in [-0.3, -0.25) is 9.48 Å². The number of aryl methyl sites for hydroxylation is 3. The number of aromatic nitrogens is 2. The van der Waals surface area contributed by atoms with Gasteiger partial charge in [0.1, 0.15) is 10.6 Å². The molecule has 1 aliphatic heterocycles. The first-order valence-corrected chi connectivity index (χ1v) is 11.1. The number of ether oxygens (including phenoxy) is 1. The number of carbonyl (C=O) groups is 1. The van der Waals surface area contributed by atoms with Crippen LogP contribution >= 0.6 is 0 Å². The van der Waals surface area contributed by atoms with Crippen molar-refractivity contribution >= 4 is 15.9 Å². The van der Waals surface area contributed by atoms with E-state index in [4.69, 9.17) is 4.74 Å². The van der Waals surface area contributed by atoms with E-state index in [1.807, 2.05) is 31.2 Å². The minimum atomic E-state index is -3.65. The van der Waals surface area contributed by atoms with Crippen LogP contribution in [0.15, 0.2) is 29.2 Å². The Bertz CT molecular complexity index is 983. The van der Waals surface area contributed by atoms with Gasteiger partial charge in [0.25, 0.3) is 5.91 Å². The van der Waals surface area contributed by atoms with Crippen LogP contribution in [0.1, 0.15) is 23.4 Å². The van der Waals surface area contributed by atoms with Gasteiger partial charge in [0.05, 0.1) is 11.4 Å². The summed E-state index contributed by atoms with van der Waals surface area (Å²) in [7, 11) is -1.92. The number of benzene rings is 1. The van der Waals surface area contributed by atoms with Crippen molar-refractivity contribution in [2.45, 2.75) is 32.1 Å². The highest BCUT2D eigenvalue weighted by Gasteiger charge is 2.32. The Morgan fingerprint density at radius 2 is 1.76 bits per heavy atom. The molecule has 1 aromatic carbocycles. The maximum atomic E-state index is 13.2.